The first-order valence-corrected chi connectivity index (χ1v) is 11.6. The van der Waals surface area contributed by atoms with Crippen LogP contribution in [0.25, 0.3) is 10.9 Å². The van der Waals surface area contributed by atoms with Crippen molar-refractivity contribution in [2.45, 2.75) is 26.4 Å². The fraction of sp³-hybridized carbons (Fsp3) is 0.207. The molecule has 4 aromatic rings. The van der Waals surface area contributed by atoms with E-state index in [1.807, 2.05) is 53.1 Å². The molecule has 0 fully saturated rings. The largest absolute Gasteiger partial charge is 0.489 e. The lowest BCUT2D eigenvalue weighted by atomic mass is 10.1. The minimum Gasteiger partial charge on any atom is -0.489 e. The molecular weight excluding hydrogens is 436 g/mol. The van der Waals surface area contributed by atoms with Crippen LogP contribution >= 0.6 is 0 Å². The van der Waals surface area contributed by atoms with Crippen LogP contribution < -0.4 is 4.74 Å². The van der Waals surface area contributed by atoms with Gasteiger partial charge >= 0.3 is 0 Å². The third kappa shape index (κ3) is 5.42. The summed E-state index contributed by atoms with van der Waals surface area (Å²) in [5.41, 5.74) is 4.67. The molecule has 0 saturated carbocycles. The van der Waals surface area contributed by atoms with E-state index >= 15 is 0 Å². The van der Waals surface area contributed by atoms with Crippen molar-refractivity contribution >= 4 is 16.8 Å². The first-order chi connectivity index (χ1) is 17.1. The third-order valence-electron chi connectivity index (χ3n) is 5.95. The zero-order valence-corrected chi connectivity index (χ0v) is 19.9. The molecule has 2 aromatic heterocycles. The van der Waals surface area contributed by atoms with Crippen LogP contribution in [0.2, 0.25) is 0 Å². The van der Waals surface area contributed by atoms with Gasteiger partial charge in [-0.05, 0) is 47.9 Å². The Hall–Kier alpha value is -4.37. The Morgan fingerprint density at radius 2 is 2.06 bits per heavy atom. The molecule has 0 aliphatic heterocycles. The second kappa shape index (κ2) is 11.2. The first-order valence-electron chi connectivity index (χ1n) is 11.6. The van der Waals surface area contributed by atoms with Gasteiger partial charge in [0.2, 0.25) is 0 Å². The number of hydrogen-bond acceptors (Lipinski definition) is 4. The molecule has 0 aliphatic rings. The number of fused-ring (bicyclic) bond motifs is 1. The molecule has 0 unspecified atom stereocenters. The van der Waals surface area contributed by atoms with Crippen molar-refractivity contribution in [1.82, 2.24) is 14.5 Å². The van der Waals surface area contributed by atoms with Gasteiger partial charge in [-0.3, -0.25) is 9.78 Å². The maximum Gasteiger partial charge on any atom is 0.270 e. The lowest BCUT2D eigenvalue weighted by Gasteiger charge is -2.23. The fourth-order valence-electron chi connectivity index (χ4n) is 4.15. The maximum atomic E-state index is 14.0. The smallest absolute Gasteiger partial charge is 0.270 e. The number of ether oxygens (including phenoxy) is 1. The van der Waals surface area contributed by atoms with E-state index in [9.17, 15) is 10.1 Å². The highest BCUT2D eigenvalue weighted by atomic mass is 16.5. The van der Waals surface area contributed by atoms with E-state index in [4.69, 9.17) is 4.74 Å². The number of aromatic nitrogens is 2. The van der Waals surface area contributed by atoms with Crippen LogP contribution in [0.3, 0.4) is 0 Å². The van der Waals surface area contributed by atoms with E-state index in [0.717, 1.165) is 27.6 Å². The summed E-state index contributed by atoms with van der Waals surface area (Å²) in [6, 6.07) is 21.9. The van der Waals surface area contributed by atoms with Gasteiger partial charge in [0.05, 0.1) is 18.0 Å². The summed E-state index contributed by atoms with van der Waals surface area (Å²) in [4.78, 5) is 19.9. The topological polar surface area (TPSA) is 71.2 Å². The predicted molar refractivity (Wildman–Crippen MR) is 137 cm³/mol. The molecule has 2 heterocycles. The standard InChI is InChI=1S/C29H28N4O2/c1-3-17-35-28-13-6-12-26-25(28)18-27(33(26)21-24-11-5-4-9-22(24)2)29(34)32(16-8-14-30)20-23-10-7-15-31-19-23/h3-7,9-13,15,18-19H,1,8,16-17,20-21H2,2H3. The molecule has 176 valence electrons. The highest BCUT2D eigenvalue weighted by Gasteiger charge is 2.23. The Kier molecular flexibility index (Phi) is 7.59. The maximum absolute atomic E-state index is 14.0. The van der Waals surface area contributed by atoms with Gasteiger partial charge in [0.1, 0.15) is 18.1 Å². The number of carbonyl (C=O) groups is 1. The van der Waals surface area contributed by atoms with Crippen molar-refractivity contribution in [1.29, 1.82) is 5.26 Å². The summed E-state index contributed by atoms with van der Waals surface area (Å²) in [6.45, 7) is 7.44. The second-order valence-corrected chi connectivity index (χ2v) is 8.33. The number of carbonyl (C=O) groups excluding carboxylic acids is 1. The molecule has 6 heteroatoms. The zero-order chi connectivity index (χ0) is 24.6. The van der Waals surface area contributed by atoms with Crippen LogP contribution in [0.15, 0.2) is 85.7 Å². The summed E-state index contributed by atoms with van der Waals surface area (Å²) in [7, 11) is 0. The molecular formula is C29H28N4O2. The van der Waals surface area contributed by atoms with Crippen molar-refractivity contribution in [2.75, 3.05) is 13.2 Å². The van der Waals surface area contributed by atoms with Gasteiger partial charge in [-0.1, -0.05) is 49.1 Å². The number of hydrogen-bond donors (Lipinski definition) is 0. The van der Waals surface area contributed by atoms with Gasteiger partial charge in [0.15, 0.2) is 0 Å². The lowest BCUT2D eigenvalue weighted by molar-refractivity contribution is 0.0737. The van der Waals surface area contributed by atoms with Gasteiger partial charge in [0, 0.05) is 37.4 Å². The zero-order valence-electron chi connectivity index (χ0n) is 19.9. The SMILES string of the molecule is C=CCOc1cccc2c1cc(C(=O)N(CCC#N)Cc1cccnc1)n2Cc1ccccc1C. The fourth-order valence-corrected chi connectivity index (χ4v) is 4.15. The van der Waals surface area contributed by atoms with Crippen LogP contribution in [0.1, 0.15) is 33.6 Å². The first kappa shape index (κ1) is 23.8. The van der Waals surface area contributed by atoms with Crippen molar-refractivity contribution in [3.05, 3.63) is 108 Å². The average Bonchev–Trinajstić information content (AvgIpc) is 3.25. The van der Waals surface area contributed by atoms with Crippen molar-refractivity contribution in [3.8, 4) is 11.8 Å². The number of amides is 1. The van der Waals surface area contributed by atoms with Gasteiger partial charge in [0.25, 0.3) is 5.91 Å². The van der Waals surface area contributed by atoms with Gasteiger partial charge in [-0.25, -0.2) is 0 Å². The van der Waals surface area contributed by atoms with E-state index in [-0.39, 0.29) is 12.3 Å². The van der Waals surface area contributed by atoms with Crippen LogP contribution in [0.4, 0.5) is 0 Å². The highest BCUT2D eigenvalue weighted by molar-refractivity contribution is 6.00. The Labute approximate surface area is 205 Å². The van der Waals surface area contributed by atoms with Crippen LogP contribution in [-0.4, -0.2) is 33.5 Å². The molecule has 0 N–H and O–H groups in total. The summed E-state index contributed by atoms with van der Waals surface area (Å²) in [6.07, 6.45) is 5.40. The van der Waals surface area contributed by atoms with E-state index in [0.29, 0.717) is 37.7 Å². The van der Waals surface area contributed by atoms with E-state index in [1.54, 1.807) is 23.4 Å². The van der Waals surface area contributed by atoms with E-state index in [2.05, 4.69) is 36.7 Å². The number of rotatable bonds is 10. The normalized spacial score (nSPS) is 10.6. The summed E-state index contributed by atoms with van der Waals surface area (Å²) < 4.78 is 7.95. The highest BCUT2D eigenvalue weighted by Crippen LogP contribution is 2.31. The number of benzene rings is 2. The minimum atomic E-state index is -0.136. The third-order valence-corrected chi connectivity index (χ3v) is 5.95. The van der Waals surface area contributed by atoms with Gasteiger partial charge in [-0.15, -0.1) is 0 Å². The molecule has 0 spiro atoms. The molecule has 0 atom stereocenters. The van der Waals surface area contributed by atoms with Crippen LogP contribution in [-0.2, 0) is 13.1 Å². The van der Waals surface area contributed by atoms with Gasteiger partial charge in [-0.2, -0.15) is 5.26 Å². The summed E-state index contributed by atoms with van der Waals surface area (Å²) in [5, 5.41) is 10.1. The van der Waals surface area contributed by atoms with Crippen molar-refractivity contribution in [2.24, 2.45) is 0 Å². The monoisotopic (exact) mass is 464 g/mol. The molecule has 0 radical (unpaired) electrons. The summed E-state index contributed by atoms with van der Waals surface area (Å²) >= 11 is 0. The van der Waals surface area contributed by atoms with Gasteiger partial charge < -0.3 is 14.2 Å². The Morgan fingerprint density at radius 3 is 2.80 bits per heavy atom. The average molecular weight is 465 g/mol. The lowest BCUT2D eigenvalue weighted by Crippen LogP contribution is -2.33. The van der Waals surface area contributed by atoms with Crippen LogP contribution in [0, 0.1) is 18.3 Å². The Balaban J connectivity index is 1.81. The molecule has 2 aromatic carbocycles. The molecule has 4 rings (SSSR count). The number of aryl methyl sites for hydroxylation is 1. The predicted octanol–water partition coefficient (Wildman–Crippen LogP) is 5.51. The number of pyridine rings is 1. The quantitative estimate of drug-likeness (QED) is 0.290. The Morgan fingerprint density at radius 1 is 1.20 bits per heavy atom. The van der Waals surface area contributed by atoms with Crippen LogP contribution in [0.5, 0.6) is 5.75 Å². The molecule has 0 aliphatic carbocycles. The number of nitrogens with zero attached hydrogens (tertiary/aromatic N) is 4. The number of nitriles is 1. The Bertz CT molecular complexity index is 1370. The minimum absolute atomic E-state index is 0.136. The molecule has 35 heavy (non-hydrogen) atoms. The van der Waals surface area contributed by atoms with E-state index < -0.39 is 0 Å². The summed E-state index contributed by atoms with van der Waals surface area (Å²) in [5.74, 6) is 0.569. The van der Waals surface area contributed by atoms with E-state index in [1.165, 1.54) is 0 Å². The molecule has 1 amide bonds. The molecule has 0 saturated heterocycles. The molecule has 0 bridgehead atoms. The second-order valence-electron chi connectivity index (χ2n) is 8.33. The van der Waals surface area contributed by atoms with Crippen molar-refractivity contribution < 1.29 is 9.53 Å². The van der Waals surface area contributed by atoms with Crippen molar-refractivity contribution in [3.63, 3.8) is 0 Å². The molecule has 6 nitrogen and oxygen atoms in total.